The van der Waals surface area contributed by atoms with E-state index in [0.29, 0.717) is 5.75 Å². The number of fused-ring (bicyclic) bond motifs is 1. The van der Waals surface area contributed by atoms with Crippen LogP contribution < -0.4 is 4.74 Å². The molecule has 34 heavy (non-hydrogen) atoms. The van der Waals surface area contributed by atoms with Gasteiger partial charge < -0.3 is 14.4 Å². The van der Waals surface area contributed by atoms with Gasteiger partial charge in [-0.2, -0.15) is 0 Å². The number of aromatic nitrogens is 1. The summed E-state index contributed by atoms with van der Waals surface area (Å²) in [5, 5.41) is 0.897. The maximum absolute atomic E-state index is 14.0. The number of benzene rings is 3. The van der Waals surface area contributed by atoms with Crippen LogP contribution in [0.5, 0.6) is 5.75 Å². The zero-order valence-corrected chi connectivity index (χ0v) is 19.7. The van der Waals surface area contributed by atoms with E-state index in [-0.39, 0.29) is 24.4 Å². The Kier molecular flexibility index (Phi) is 6.85. The monoisotopic (exact) mass is 480 g/mol. The van der Waals surface area contributed by atoms with E-state index >= 15 is 0 Å². The van der Waals surface area contributed by atoms with Crippen molar-refractivity contribution in [2.75, 3.05) is 20.1 Å². The van der Waals surface area contributed by atoms with Crippen LogP contribution in [0.3, 0.4) is 0 Å². The average Bonchev–Trinajstić information content (AvgIpc) is 3.28. The predicted molar refractivity (Wildman–Crippen MR) is 130 cm³/mol. The molecule has 0 spiro atoms. The third kappa shape index (κ3) is 5.27. The number of rotatable bonds is 7. The first-order valence-electron chi connectivity index (χ1n) is 11.4. The summed E-state index contributed by atoms with van der Waals surface area (Å²) in [5.74, 6) is -0.411. The van der Waals surface area contributed by atoms with Crippen LogP contribution in [-0.4, -0.2) is 36.1 Å². The number of halogens is 2. The second-order valence-electron chi connectivity index (χ2n) is 8.64. The van der Waals surface area contributed by atoms with E-state index < -0.39 is 11.6 Å². The van der Waals surface area contributed by atoms with Crippen LogP contribution in [0.25, 0.3) is 10.2 Å². The third-order valence-electron chi connectivity index (χ3n) is 6.09. The molecule has 0 aliphatic carbocycles. The predicted octanol–water partition coefficient (Wildman–Crippen LogP) is 6.35. The van der Waals surface area contributed by atoms with Crippen LogP contribution in [0.15, 0.2) is 66.7 Å². The number of piperidine rings is 1. The number of para-hydroxylation sites is 1. The molecular weight excluding hydrogens is 454 g/mol. The lowest BCUT2D eigenvalue weighted by molar-refractivity contribution is -0.0235. The molecular formula is C27H26F2N2O2S. The van der Waals surface area contributed by atoms with Gasteiger partial charge in [0.15, 0.2) is 0 Å². The van der Waals surface area contributed by atoms with Crippen LogP contribution in [0.4, 0.5) is 8.78 Å². The Labute approximate surface area is 201 Å². The molecule has 1 fully saturated rings. The summed E-state index contributed by atoms with van der Waals surface area (Å²) in [5.41, 5.74) is 2.05. The van der Waals surface area contributed by atoms with Gasteiger partial charge in [0.05, 0.1) is 16.3 Å². The molecule has 1 unspecified atom stereocenters. The van der Waals surface area contributed by atoms with Gasteiger partial charge in [0.1, 0.15) is 35.1 Å². The minimum Gasteiger partial charge on any atom is -0.489 e. The van der Waals surface area contributed by atoms with Crippen LogP contribution in [-0.2, 0) is 11.3 Å². The molecule has 0 N–H and O–H groups in total. The molecule has 0 bridgehead atoms. The summed E-state index contributed by atoms with van der Waals surface area (Å²) in [6, 6.07) is 19.1. The maximum Gasteiger partial charge on any atom is 0.135 e. The Hall–Kier alpha value is -2.87. The highest BCUT2D eigenvalue weighted by Crippen LogP contribution is 2.36. The molecule has 5 rings (SSSR count). The zero-order valence-electron chi connectivity index (χ0n) is 18.9. The lowest BCUT2D eigenvalue weighted by atomic mass is 10.1. The first-order chi connectivity index (χ1) is 16.5. The molecule has 4 aromatic rings. The minimum absolute atomic E-state index is 0.0608. The summed E-state index contributed by atoms with van der Waals surface area (Å²) >= 11 is 1.63. The zero-order chi connectivity index (χ0) is 23.5. The summed E-state index contributed by atoms with van der Waals surface area (Å²) in [7, 11) is 2.13. The normalized spacial score (nSPS) is 16.1. The Morgan fingerprint density at radius 2 is 1.85 bits per heavy atom. The van der Waals surface area contributed by atoms with Crippen molar-refractivity contribution in [2.24, 2.45) is 0 Å². The Balaban J connectivity index is 1.41. The van der Waals surface area contributed by atoms with Gasteiger partial charge in [-0.05, 0) is 67.9 Å². The van der Waals surface area contributed by atoms with E-state index in [1.807, 2.05) is 42.5 Å². The largest absolute Gasteiger partial charge is 0.489 e. The molecule has 1 aliphatic rings. The molecule has 1 atom stereocenters. The van der Waals surface area contributed by atoms with E-state index in [1.165, 1.54) is 0 Å². The molecule has 1 aliphatic heterocycles. The summed E-state index contributed by atoms with van der Waals surface area (Å²) in [6.07, 6.45) is 1.74. The molecule has 2 heterocycles. The fourth-order valence-electron chi connectivity index (χ4n) is 4.18. The fraction of sp³-hybridized carbons (Fsp3) is 0.296. The van der Waals surface area contributed by atoms with Crippen LogP contribution in [0, 0.1) is 11.6 Å². The molecule has 3 aromatic carbocycles. The van der Waals surface area contributed by atoms with Crippen molar-refractivity contribution in [1.82, 2.24) is 9.88 Å². The highest BCUT2D eigenvalue weighted by molar-refractivity contribution is 7.18. The molecule has 1 aromatic heterocycles. The third-order valence-corrected chi connectivity index (χ3v) is 7.17. The Bertz CT molecular complexity index is 1240. The van der Waals surface area contributed by atoms with Gasteiger partial charge in [0.25, 0.3) is 0 Å². The van der Waals surface area contributed by atoms with Gasteiger partial charge in [-0.1, -0.05) is 24.3 Å². The van der Waals surface area contributed by atoms with E-state index in [2.05, 4.69) is 18.0 Å². The molecule has 1 saturated heterocycles. The van der Waals surface area contributed by atoms with Gasteiger partial charge in [-0.15, -0.1) is 11.3 Å². The number of ether oxygens (including phenoxy) is 2. The molecule has 0 saturated carbocycles. The lowest BCUT2D eigenvalue weighted by Gasteiger charge is -2.31. The molecule has 4 nitrogen and oxygen atoms in total. The van der Waals surface area contributed by atoms with Crippen molar-refractivity contribution in [3.8, 4) is 5.75 Å². The summed E-state index contributed by atoms with van der Waals surface area (Å²) in [6.45, 7) is 1.94. The topological polar surface area (TPSA) is 34.6 Å². The van der Waals surface area contributed by atoms with Crippen molar-refractivity contribution in [3.63, 3.8) is 0 Å². The van der Waals surface area contributed by atoms with E-state index in [4.69, 9.17) is 14.5 Å². The summed E-state index contributed by atoms with van der Waals surface area (Å²) in [4.78, 5) is 7.18. The maximum atomic E-state index is 14.0. The van der Waals surface area contributed by atoms with Crippen molar-refractivity contribution < 1.29 is 18.3 Å². The molecule has 176 valence electrons. The van der Waals surface area contributed by atoms with E-state index in [0.717, 1.165) is 64.9 Å². The quantitative estimate of drug-likeness (QED) is 0.309. The number of thiazole rings is 1. The van der Waals surface area contributed by atoms with Crippen LogP contribution >= 0.6 is 11.3 Å². The lowest BCUT2D eigenvalue weighted by Crippen LogP contribution is -2.35. The smallest absolute Gasteiger partial charge is 0.135 e. The number of hydrogen-bond donors (Lipinski definition) is 0. The molecule has 0 amide bonds. The second kappa shape index (κ2) is 10.2. The minimum atomic E-state index is -0.490. The first-order valence-corrected chi connectivity index (χ1v) is 12.2. The number of hydrogen-bond acceptors (Lipinski definition) is 5. The Morgan fingerprint density at radius 1 is 1.03 bits per heavy atom. The number of likely N-dealkylation sites (tertiary alicyclic amines) is 1. The average molecular weight is 481 g/mol. The van der Waals surface area contributed by atoms with Crippen molar-refractivity contribution in [2.45, 2.75) is 31.7 Å². The standard InChI is InChI=1S/C27H26F2N2O2S/c1-31-13-11-21(12-14-31)33-26(27-30-24-7-2-3-8-25(24)34-27)18-5-4-6-22(16-18)32-17-19-15-20(28)9-10-23(19)29/h2-10,15-16,21,26H,11-14,17H2,1H3. The highest BCUT2D eigenvalue weighted by atomic mass is 32.1. The summed E-state index contributed by atoms with van der Waals surface area (Å²) < 4.78 is 41.1. The van der Waals surface area contributed by atoms with Crippen molar-refractivity contribution >= 4 is 21.6 Å². The second-order valence-corrected chi connectivity index (χ2v) is 9.70. The SMILES string of the molecule is CN1CCC(OC(c2cccc(OCc3cc(F)ccc3F)c2)c2nc3ccccc3s2)CC1. The first kappa shape index (κ1) is 22.9. The van der Waals surface area contributed by atoms with Gasteiger partial charge in [-0.3, -0.25) is 0 Å². The van der Waals surface area contributed by atoms with Gasteiger partial charge in [0, 0.05) is 18.7 Å². The van der Waals surface area contributed by atoms with Crippen molar-refractivity contribution in [3.05, 3.63) is 94.5 Å². The highest BCUT2D eigenvalue weighted by Gasteiger charge is 2.26. The van der Waals surface area contributed by atoms with Crippen molar-refractivity contribution in [1.29, 1.82) is 0 Å². The van der Waals surface area contributed by atoms with Gasteiger partial charge in [0.2, 0.25) is 0 Å². The molecule has 7 heteroatoms. The molecule has 0 radical (unpaired) electrons. The van der Waals surface area contributed by atoms with E-state index in [1.54, 1.807) is 11.3 Å². The van der Waals surface area contributed by atoms with Gasteiger partial charge >= 0.3 is 0 Å². The Morgan fingerprint density at radius 3 is 2.68 bits per heavy atom. The number of nitrogens with zero attached hydrogens (tertiary/aromatic N) is 2. The van der Waals surface area contributed by atoms with Crippen LogP contribution in [0.1, 0.15) is 35.1 Å². The van der Waals surface area contributed by atoms with Crippen LogP contribution in [0.2, 0.25) is 0 Å². The van der Waals surface area contributed by atoms with Gasteiger partial charge in [-0.25, -0.2) is 13.8 Å². The van der Waals surface area contributed by atoms with E-state index in [9.17, 15) is 8.78 Å². The fourth-order valence-corrected chi connectivity index (χ4v) is 5.21.